The summed E-state index contributed by atoms with van der Waals surface area (Å²) in [5.74, 6) is -0.924. The predicted octanol–water partition coefficient (Wildman–Crippen LogP) is 4.84. The second kappa shape index (κ2) is 11.0. The molecule has 8 atom stereocenters. The van der Waals surface area contributed by atoms with Gasteiger partial charge in [-0.15, -0.1) is 0 Å². The number of allylic oxidation sites excluding steroid dienone is 3. The molecule has 1 aliphatic heterocycles. The topological polar surface area (TPSA) is 91.3 Å². The molecule has 0 aromatic carbocycles. The zero-order valence-corrected chi connectivity index (χ0v) is 22.0. The van der Waals surface area contributed by atoms with Gasteiger partial charge in [-0.3, -0.25) is 14.3 Å². The van der Waals surface area contributed by atoms with E-state index < -0.39 is 36.0 Å². The van der Waals surface area contributed by atoms with Crippen LogP contribution in [-0.4, -0.2) is 48.4 Å². The first-order valence-electron chi connectivity index (χ1n) is 12.8. The Balaban J connectivity index is 2.17. The molecular formula is C28H42O7. The molecule has 7 heteroatoms. The lowest BCUT2D eigenvalue weighted by molar-refractivity contribution is -0.247. The molecule has 1 heterocycles. The van der Waals surface area contributed by atoms with Crippen molar-refractivity contribution in [2.45, 2.75) is 98.4 Å². The molecule has 1 N–H and O–H groups in total. The molecule has 0 unspecified atom stereocenters. The van der Waals surface area contributed by atoms with Gasteiger partial charge in [-0.2, -0.15) is 0 Å². The molecule has 0 bridgehead atoms. The zero-order valence-electron chi connectivity index (χ0n) is 22.0. The van der Waals surface area contributed by atoms with E-state index in [4.69, 9.17) is 18.9 Å². The van der Waals surface area contributed by atoms with Crippen molar-refractivity contribution < 1.29 is 33.6 Å². The van der Waals surface area contributed by atoms with E-state index in [0.717, 1.165) is 24.8 Å². The summed E-state index contributed by atoms with van der Waals surface area (Å²) in [5, 5.41) is 11.0. The molecule has 1 saturated carbocycles. The van der Waals surface area contributed by atoms with E-state index in [9.17, 15) is 14.7 Å². The Morgan fingerprint density at radius 2 is 1.94 bits per heavy atom. The van der Waals surface area contributed by atoms with Crippen LogP contribution in [-0.2, 0) is 28.5 Å². The molecule has 1 spiro atoms. The van der Waals surface area contributed by atoms with Crippen LogP contribution in [0.4, 0.5) is 0 Å². The highest BCUT2D eigenvalue weighted by atomic mass is 16.8. The lowest BCUT2D eigenvalue weighted by atomic mass is 9.45. The molecule has 3 aliphatic rings. The van der Waals surface area contributed by atoms with E-state index in [1.54, 1.807) is 6.08 Å². The van der Waals surface area contributed by atoms with Gasteiger partial charge in [-0.05, 0) is 55.9 Å². The smallest absolute Gasteiger partial charge is 0.305 e. The average molecular weight is 491 g/mol. The number of hydrogen-bond donors (Lipinski definition) is 1. The number of hydrogen-bond acceptors (Lipinski definition) is 7. The van der Waals surface area contributed by atoms with Crippen LogP contribution < -0.4 is 0 Å². The third kappa shape index (κ3) is 5.27. The van der Waals surface area contributed by atoms with Crippen molar-refractivity contribution in [2.24, 2.45) is 22.7 Å². The molecule has 3 rings (SSSR count). The molecule has 35 heavy (non-hydrogen) atoms. The quantitative estimate of drug-likeness (QED) is 0.214. The Labute approximate surface area is 209 Å². The summed E-state index contributed by atoms with van der Waals surface area (Å²) in [7, 11) is 0. The fourth-order valence-electron chi connectivity index (χ4n) is 6.35. The van der Waals surface area contributed by atoms with Crippen molar-refractivity contribution in [1.29, 1.82) is 0 Å². The number of aliphatic hydroxyl groups is 1. The van der Waals surface area contributed by atoms with Gasteiger partial charge in [0.15, 0.2) is 0 Å². The minimum Gasteiger partial charge on any atom is -0.435 e. The summed E-state index contributed by atoms with van der Waals surface area (Å²) in [5.41, 5.74) is 0.645. The van der Waals surface area contributed by atoms with Gasteiger partial charge in [-0.1, -0.05) is 51.5 Å². The van der Waals surface area contributed by atoms with Crippen LogP contribution in [0.3, 0.4) is 0 Å². The molecule has 1 saturated heterocycles. The summed E-state index contributed by atoms with van der Waals surface area (Å²) in [6, 6.07) is 0. The normalized spacial score (nSPS) is 38.7. The van der Waals surface area contributed by atoms with E-state index >= 15 is 0 Å². The first kappa shape index (κ1) is 27.6. The van der Waals surface area contributed by atoms with Crippen molar-refractivity contribution >= 4 is 11.9 Å². The van der Waals surface area contributed by atoms with Crippen molar-refractivity contribution in [1.82, 2.24) is 0 Å². The van der Waals surface area contributed by atoms with Crippen LogP contribution in [0.25, 0.3) is 0 Å². The van der Waals surface area contributed by atoms with Crippen LogP contribution in [0.15, 0.2) is 36.0 Å². The Kier molecular flexibility index (Phi) is 8.66. The minimum atomic E-state index is -1.02. The van der Waals surface area contributed by atoms with Crippen molar-refractivity contribution in [2.75, 3.05) is 6.61 Å². The minimum absolute atomic E-state index is 0.107. The highest BCUT2D eigenvalue weighted by Gasteiger charge is 2.69. The summed E-state index contributed by atoms with van der Waals surface area (Å²) in [4.78, 5) is 24.1. The number of aliphatic hydroxyl groups excluding tert-OH is 1. The van der Waals surface area contributed by atoms with Gasteiger partial charge in [-0.25, -0.2) is 0 Å². The Bertz CT molecular complexity index is 877. The van der Waals surface area contributed by atoms with E-state index in [0.29, 0.717) is 25.0 Å². The van der Waals surface area contributed by atoms with Crippen molar-refractivity contribution in [3.63, 3.8) is 0 Å². The standard InChI is InChI=1S/C28H42O7/c1-8-10-13-32-23-16-28-22(25(33-19(5)29)35-26(28)34-20(6)30)14-21(31)15-24(28)27(7,18(23)4)12-11-17(3)9-2/h9,11,14,18,21,23-26,31H,2,8,10,12-13,15-16H2,1,3-7H3/b17-11-/t18-,21+,23+,24+,25+,26-,27-,28-/m1/s1. The lowest BCUT2D eigenvalue weighted by Crippen LogP contribution is -2.61. The molecular weight excluding hydrogens is 448 g/mol. The Hall–Kier alpha value is -1.96. The van der Waals surface area contributed by atoms with Crippen molar-refractivity contribution in [3.8, 4) is 0 Å². The summed E-state index contributed by atoms with van der Waals surface area (Å²) >= 11 is 0. The fraction of sp³-hybridized carbons (Fsp3) is 0.714. The van der Waals surface area contributed by atoms with Gasteiger partial charge in [0.25, 0.3) is 0 Å². The summed E-state index contributed by atoms with van der Waals surface area (Å²) in [6.45, 7) is 15.8. The van der Waals surface area contributed by atoms with Gasteiger partial charge < -0.3 is 19.3 Å². The maximum atomic E-state index is 12.2. The van der Waals surface area contributed by atoms with E-state index in [1.807, 2.05) is 13.0 Å². The largest absolute Gasteiger partial charge is 0.435 e. The number of unbranched alkanes of at least 4 members (excludes halogenated alkanes) is 1. The SMILES string of the molecule is C=C/C(C)=C\C[C@]1(C)[C@H](C)[C@@H](OCCCC)C[C@@]23C(=C[C@H](O)C[C@@H]12)[C@@H](OC(C)=O)O[C@H]3OC(C)=O. The molecule has 0 radical (unpaired) electrons. The molecule has 196 valence electrons. The Morgan fingerprint density at radius 1 is 1.26 bits per heavy atom. The number of ether oxygens (including phenoxy) is 4. The molecule has 0 aromatic rings. The van der Waals surface area contributed by atoms with Crippen LogP contribution in [0.2, 0.25) is 0 Å². The van der Waals surface area contributed by atoms with E-state index in [-0.39, 0.29) is 23.4 Å². The maximum absolute atomic E-state index is 12.2. The first-order valence-corrected chi connectivity index (χ1v) is 12.8. The number of esters is 2. The lowest BCUT2D eigenvalue weighted by Gasteiger charge is -2.60. The highest BCUT2D eigenvalue weighted by Crippen LogP contribution is 2.67. The third-order valence-electron chi connectivity index (χ3n) is 8.42. The number of carbonyl (C=O) groups excluding carboxylic acids is 2. The first-order chi connectivity index (χ1) is 16.5. The maximum Gasteiger partial charge on any atom is 0.305 e. The number of rotatable bonds is 9. The van der Waals surface area contributed by atoms with Crippen LogP contribution in [0.1, 0.15) is 73.6 Å². The highest BCUT2D eigenvalue weighted by molar-refractivity contribution is 5.67. The zero-order chi connectivity index (χ0) is 26.0. The van der Waals surface area contributed by atoms with Gasteiger partial charge in [0.05, 0.1) is 17.6 Å². The van der Waals surface area contributed by atoms with Gasteiger partial charge in [0, 0.05) is 26.0 Å². The van der Waals surface area contributed by atoms with Crippen molar-refractivity contribution in [3.05, 3.63) is 36.0 Å². The third-order valence-corrected chi connectivity index (χ3v) is 8.42. The van der Waals surface area contributed by atoms with Crippen LogP contribution >= 0.6 is 0 Å². The van der Waals surface area contributed by atoms with Gasteiger partial charge in [0.1, 0.15) is 0 Å². The molecule has 0 amide bonds. The predicted molar refractivity (Wildman–Crippen MR) is 132 cm³/mol. The fourth-order valence-corrected chi connectivity index (χ4v) is 6.35. The second-order valence-corrected chi connectivity index (χ2v) is 10.7. The molecule has 0 aromatic heterocycles. The van der Waals surface area contributed by atoms with Gasteiger partial charge in [0.2, 0.25) is 12.6 Å². The molecule has 2 aliphatic carbocycles. The Morgan fingerprint density at radius 3 is 2.54 bits per heavy atom. The van der Waals surface area contributed by atoms with Gasteiger partial charge >= 0.3 is 11.9 Å². The van der Waals surface area contributed by atoms with Crippen LogP contribution in [0.5, 0.6) is 0 Å². The average Bonchev–Trinajstić information content (AvgIpc) is 3.06. The van der Waals surface area contributed by atoms with E-state index in [2.05, 4.69) is 33.4 Å². The molecule has 7 nitrogen and oxygen atoms in total. The number of carbonyl (C=O) groups is 2. The summed E-state index contributed by atoms with van der Waals surface area (Å²) in [6.07, 6.45) is 6.68. The monoisotopic (exact) mass is 490 g/mol. The second-order valence-electron chi connectivity index (χ2n) is 10.7. The van der Waals surface area contributed by atoms with E-state index in [1.165, 1.54) is 13.8 Å². The summed E-state index contributed by atoms with van der Waals surface area (Å²) < 4.78 is 23.9. The molecule has 2 fully saturated rings. The van der Waals surface area contributed by atoms with Crippen LogP contribution in [0, 0.1) is 22.7 Å².